The third-order valence-corrected chi connectivity index (χ3v) is 6.09. The first-order valence-corrected chi connectivity index (χ1v) is 9.24. The van der Waals surface area contributed by atoms with E-state index < -0.39 is 5.41 Å². The number of anilines is 1. The molecular weight excluding hydrogens is 332 g/mol. The summed E-state index contributed by atoms with van der Waals surface area (Å²) in [5, 5.41) is 2.77. The molecule has 26 heavy (non-hydrogen) atoms. The molecule has 1 N–H and O–H groups in total. The number of hydrogen-bond acceptors (Lipinski definition) is 4. The lowest BCUT2D eigenvalue weighted by molar-refractivity contribution is -0.141. The second-order valence-corrected chi connectivity index (χ2v) is 7.74. The summed E-state index contributed by atoms with van der Waals surface area (Å²) in [7, 11) is 0. The summed E-state index contributed by atoms with van der Waals surface area (Å²) in [6, 6.07) is 5.04. The van der Waals surface area contributed by atoms with E-state index in [4.69, 9.17) is 0 Å². The highest BCUT2D eigenvalue weighted by Crippen LogP contribution is 2.45. The van der Waals surface area contributed by atoms with Gasteiger partial charge in [0, 0.05) is 17.7 Å². The van der Waals surface area contributed by atoms with E-state index in [0.29, 0.717) is 11.3 Å². The SMILES string of the molecule is C[C@H]1C(=O)Nc2ccc(C(=O)CN3C(=O)CC4(CCCCC4)C3=O)cc21. The van der Waals surface area contributed by atoms with Gasteiger partial charge in [0.15, 0.2) is 5.78 Å². The molecule has 2 fully saturated rings. The van der Waals surface area contributed by atoms with Crippen molar-refractivity contribution in [3.63, 3.8) is 0 Å². The lowest BCUT2D eigenvalue weighted by atomic mass is 9.73. The van der Waals surface area contributed by atoms with Crippen LogP contribution in [0.25, 0.3) is 0 Å². The van der Waals surface area contributed by atoms with Gasteiger partial charge in [-0.25, -0.2) is 0 Å². The van der Waals surface area contributed by atoms with E-state index in [1.165, 1.54) is 0 Å². The quantitative estimate of drug-likeness (QED) is 0.668. The molecular formula is C20H22N2O4. The highest BCUT2D eigenvalue weighted by molar-refractivity contribution is 6.11. The number of amides is 3. The lowest BCUT2D eigenvalue weighted by Crippen LogP contribution is -2.39. The zero-order chi connectivity index (χ0) is 18.5. The monoisotopic (exact) mass is 354 g/mol. The van der Waals surface area contributed by atoms with Crippen LogP contribution in [0.4, 0.5) is 5.69 Å². The van der Waals surface area contributed by atoms with Crippen LogP contribution in [0.15, 0.2) is 18.2 Å². The van der Waals surface area contributed by atoms with Crippen LogP contribution in [-0.4, -0.2) is 34.9 Å². The number of likely N-dealkylation sites (tertiary alicyclic amines) is 1. The molecule has 136 valence electrons. The number of imide groups is 1. The Bertz CT molecular complexity index is 823. The van der Waals surface area contributed by atoms with Gasteiger partial charge >= 0.3 is 0 Å². The van der Waals surface area contributed by atoms with Crippen molar-refractivity contribution in [1.82, 2.24) is 4.90 Å². The first-order chi connectivity index (χ1) is 12.4. The van der Waals surface area contributed by atoms with Crippen molar-refractivity contribution >= 4 is 29.2 Å². The molecule has 1 saturated heterocycles. The summed E-state index contributed by atoms with van der Waals surface area (Å²) < 4.78 is 0. The van der Waals surface area contributed by atoms with Crippen molar-refractivity contribution in [2.45, 2.75) is 51.4 Å². The smallest absolute Gasteiger partial charge is 0.236 e. The summed E-state index contributed by atoms with van der Waals surface area (Å²) in [6.07, 6.45) is 4.74. The molecule has 4 rings (SSSR count). The van der Waals surface area contributed by atoms with E-state index in [0.717, 1.165) is 42.6 Å². The third kappa shape index (κ3) is 2.55. The molecule has 0 unspecified atom stereocenters. The third-order valence-electron chi connectivity index (χ3n) is 6.09. The Morgan fingerprint density at radius 2 is 1.92 bits per heavy atom. The van der Waals surface area contributed by atoms with E-state index in [9.17, 15) is 19.2 Å². The maximum atomic E-state index is 12.8. The minimum Gasteiger partial charge on any atom is -0.325 e. The molecule has 1 aliphatic carbocycles. The first-order valence-electron chi connectivity index (χ1n) is 9.24. The number of carbonyl (C=O) groups is 4. The number of hydrogen-bond donors (Lipinski definition) is 1. The number of carbonyl (C=O) groups excluding carboxylic acids is 4. The maximum absolute atomic E-state index is 12.8. The van der Waals surface area contributed by atoms with Crippen LogP contribution in [0.1, 0.15) is 67.3 Å². The normalized spacial score (nSPS) is 24.1. The van der Waals surface area contributed by atoms with Crippen molar-refractivity contribution in [2.24, 2.45) is 5.41 Å². The number of ketones is 1. The van der Waals surface area contributed by atoms with Gasteiger partial charge < -0.3 is 5.32 Å². The molecule has 1 atom stereocenters. The number of rotatable bonds is 3. The van der Waals surface area contributed by atoms with E-state index in [1.54, 1.807) is 25.1 Å². The number of fused-ring (bicyclic) bond motifs is 1. The van der Waals surface area contributed by atoms with Gasteiger partial charge in [0.05, 0.1) is 17.9 Å². The van der Waals surface area contributed by atoms with Crippen LogP contribution in [0.5, 0.6) is 0 Å². The lowest BCUT2D eigenvalue weighted by Gasteiger charge is -2.30. The molecule has 3 aliphatic rings. The summed E-state index contributed by atoms with van der Waals surface area (Å²) in [6.45, 7) is 1.57. The van der Waals surface area contributed by atoms with Gasteiger partial charge in [-0.2, -0.15) is 0 Å². The fraction of sp³-hybridized carbons (Fsp3) is 0.500. The molecule has 2 heterocycles. The Hall–Kier alpha value is -2.50. The molecule has 1 aromatic carbocycles. The number of nitrogens with zero attached hydrogens (tertiary/aromatic N) is 1. The predicted octanol–water partition coefficient (Wildman–Crippen LogP) is 2.63. The van der Waals surface area contributed by atoms with Gasteiger partial charge in [-0.15, -0.1) is 0 Å². The molecule has 1 aromatic rings. The Morgan fingerprint density at radius 1 is 1.19 bits per heavy atom. The standard InChI is InChI=1S/C20H22N2O4/c1-12-14-9-13(5-6-15(14)21-18(12)25)16(23)11-22-17(24)10-20(19(22)26)7-3-2-4-8-20/h5-6,9,12H,2-4,7-8,10-11H2,1H3,(H,21,25)/t12-/m1/s1. The van der Waals surface area contributed by atoms with Crippen LogP contribution in [0.3, 0.4) is 0 Å². The van der Waals surface area contributed by atoms with Crippen molar-refractivity contribution in [2.75, 3.05) is 11.9 Å². The molecule has 1 saturated carbocycles. The van der Waals surface area contributed by atoms with Gasteiger partial charge in [0.25, 0.3) is 0 Å². The zero-order valence-electron chi connectivity index (χ0n) is 14.8. The minimum absolute atomic E-state index is 0.0891. The van der Waals surface area contributed by atoms with Crippen molar-refractivity contribution in [3.8, 4) is 0 Å². The molecule has 0 aromatic heterocycles. The van der Waals surface area contributed by atoms with E-state index in [-0.39, 0.29) is 42.4 Å². The van der Waals surface area contributed by atoms with Crippen molar-refractivity contribution in [1.29, 1.82) is 0 Å². The van der Waals surface area contributed by atoms with Crippen LogP contribution < -0.4 is 5.32 Å². The predicted molar refractivity (Wildman–Crippen MR) is 94.7 cm³/mol. The summed E-state index contributed by atoms with van der Waals surface area (Å²) >= 11 is 0. The van der Waals surface area contributed by atoms with Gasteiger partial charge in [-0.05, 0) is 43.5 Å². The number of benzene rings is 1. The minimum atomic E-state index is -0.571. The summed E-state index contributed by atoms with van der Waals surface area (Å²) in [5.41, 5.74) is 1.35. The largest absolute Gasteiger partial charge is 0.325 e. The van der Waals surface area contributed by atoms with E-state index >= 15 is 0 Å². The fourth-order valence-corrected chi connectivity index (χ4v) is 4.46. The first kappa shape index (κ1) is 16.9. The van der Waals surface area contributed by atoms with Gasteiger partial charge in [-0.3, -0.25) is 24.1 Å². The van der Waals surface area contributed by atoms with Crippen LogP contribution in [0.2, 0.25) is 0 Å². The molecule has 6 heteroatoms. The van der Waals surface area contributed by atoms with E-state index in [1.807, 2.05) is 0 Å². The number of nitrogens with one attached hydrogen (secondary N) is 1. The Kier molecular flexibility index (Phi) is 3.93. The Morgan fingerprint density at radius 3 is 2.65 bits per heavy atom. The second-order valence-electron chi connectivity index (χ2n) is 7.74. The van der Waals surface area contributed by atoms with Gasteiger partial charge in [0.2, 0.25) is 17.7 Å². The zero-order valence-corrected chi connectivity index (χ0v) is 14.8. The average molecular weight is 354 g/mol. The Balaban J connectivity index is 1.53. The second kappa shape index (κ2) is 6.04. The van der Waals surface area contributed by atoms with Gasteiger partial charge in [-0.1, -0.05) is 19.3 Å². The van der Waals surface area contributed by atoms with Crippen molar-refractivity contribution < 1.29 is 19.2 Å². The fourth-order valence-electron chi connectivity index (χ4n) is 4.46. The Labute approximate surface area is 151 Å². The van der Waals surface area contributed by atoms with Gasteiger partial charge in [0.1, 0.15) is 0 Å². The van der Waals surface area contributed by atoms with Crippen LogP contribution in [-0.2, 0) is 14.4 Å². The summed E-state index contributed by atoms with van der Waals surface area (Å²) in [4.78, 5) is 50.8. The van der Waals surface area contributed by atoms with Crippen LogP contribution >= 0.6 is 0 Å². The molecule has 6 nitrogen and oxygen atoms in total. The van der Waals surface area contributed by atoms with Crippen molar-refractivity contribution in [3.05, 3.63) is 29.3 Å². The number of Topliss-reactive ketones (excluding diaryl/α,β-unsaturated/α-hetero) is 1. The molecule has 0 radical (unpaired) electrons. The maximum Gasteiger partial charge on any atom is 0.236 e. The highest BCUT2D eigenvalue weighted by Gasteiger charge is 2.51. The van der Waals surface area contributed by atoms with E-state index in [2.05, 4.69) is 5.32 Å². The van der Waals surface area contributed by atoms with Crippen LogP contribution in [0, 0.1) is 5.41 Å². The topological polar surface area (TPSA) is 83.6 Å². The highest BCUT2D eigenvalue weighted by atomic mass is 16.2. The average Bonchev–Trinajstić information content (AvgIpc) is 3.04. The molecule has 3 amide bonds. The molecule has 0 bridgehead atoms. The molecule has 2 aliphatic heterocycles. The molecule has 1 spiro atoms. The summed E-state index contributed by atoms with van der Waals surface area (Å²) in [5.74, 6) is -1.08.